The van der Waals surface area contributed by atoms with E-state index in [1.165, 1.54) is 0 Å². The third kappa shape index (κ3) is 6.48. The maximum absolute atomic E-state index is 12.4. The molecule has 0 radical (unpaired) electrons. The molecule has 126 valence electrons. The van der Waals surface area contributed by atoms with E-state index in [9.17, 15) is 4.79 Å². The fraction of sp³-hybridized carbons (Fsp3) is 0.611. The molecule has 0 bridgehead atoms. The average Bonchev–Trinajstić information content (AvgIpc) is 2.59. The van der Waals surface area contributed by atoms with E-state index in [4.69, 9.17) is 9.47 Å². The third-order valence-corrected chi connectivity index (χ3v) is 2.78. The van der Waals surface area contributed by atoms with Gasteiger partial charge >= 0.3 is 0 Å². The first-order chi connectivity index (χ1) is 10.7. The molecular formula is C18H31NO3. The van der Waals surface area contributed by atoms with Crippen molar-refractivity contribution in [2.75, 3.05) is 26.3 Å². The molecule has 1 saturated heterocycles. The van der Waals surface area contributed by atoms with Gasteiger partial charge in [-0.15, -0.1) is 0 Å². The molecule has 22 heavy (non-hydrogen) atoms. The van der Waals surface area contributed by atoms with Gasteiger partial charge in [0.1, 0.15) is 5.75 Å². The van der Waals surface area contributed by atoms with E-state index in [1.807, 2.05) is 70.7 Å². The molecule has 1 heterocycles. The molecule has 1 aromatic rings. The molecule has 0 unspecified atom stereocenters. The van der Waals surface area contributed by atoms with Gasteiger partial charge in [0.15, 0.2) is 0 Å². The van der Waals surface area contributed by atoms with Crippen LogP contribution < -0.4 is 4.74 Å². The van der Waals surface area contributed by atoms with Gasteiger partial charge in [-0.3, -0.25) is 4.79 Å². The van der Waals surface area contributed by atoms with Crippen molar-refractivity contribution in [2.24, 2.45) is 0 Å². The van der Waals surface area contributed by atoms with Crippen LogP contribution in [0.15, 0.2) is 24.3 Å². The normalized spacial score (nSPS) is 13.5. The zero-order chi connectivity index (χ0) is 17.0. The summed E-state index contributed by atoms with van der Waals surface area (Å²) < 4.78 is 10.9. The van der Waals surface area contributed by atoms with Crippen molar-refractivity contribution in [3.05, 3.63) is 29.8 Å². The summed E-state index contributed by atoms with van der Waals surface area (Å²) in [5.74, 6) is 0.679. The molecular weight excluding hydrogens is 278 g/mol. The fourth-order valence-corrected chi connectivity index (χ4v) is 1.94. The van der Waals surface area contributed by atoms with Crippen LogP contribution in [0.5, 0.6) is 5.75 Å². The van der Waals surface area contributed by atoms with Crippen LogP contribution in [0.25, 0.3) is 0 Å². The van der Waals surface area contributed by atoms with Gasteiger partial charge in [0, 0.05) is 13.1 Å². The van der Waals surface area contributed by atoms with Crippen molar-refractivity contribution in [3.8, 4) is 5.75 Å². The number of morpholine rings is 1. The summed E-state index contributed by atoms with van der Waals surface area (Å²) >= 11 is 0. The number of rotatable bonds is 3. The summed E-state index contributed by atoms with van der Waals surface area (Å²) in [4.78, 5) is 14.2. The number of benzene rings is 1. The zero-order valence-electron chi connectivity index (χ0n) is 14.9. The van der Waals surface area contributed by atoms with Gasteiger partial charge in [0.25, 0.3) is 5.91 Å². The Morgan fingerprint density at radius 3 is 2.18 bits per heavy atom. The Hall–Kier alpha value is -1.55. The van der Waals surface area contributed by atoms with E-state index in [0.29, 0.717) is 37.6 Å². The molecule has 0 spiro atoms. The van der Waals surface area contributed by atoms with Crippen molar-refractivity contribution in [2.45, 2.75) is 47.6 Å². The first-order valence-electron chi connectivity index (χ1n) is 8.31. The van der Waals surface area contributed by atoms with Crippen molar-refractivity contribution in [3.63, 3.8) is 0 Å². The fourth-order valence-electron chi connectivity index (χ4n) is 1.94. The van der Waals surface area contributed by atoms with E-state index in [2.05, 4.69) is 0 Å². The topological polar surface area (TPSA) is 38.8 Å². The molecule has 4 heteroatoms. The van der Waals surface area contributed by atoms with E-state index in [0.717, 1.165) is 0 Å². The first kappa shape index (κ1) is 20.5. The number of amides is 1. The van der Waals surface area contributed by atoms with Crippen LogP contribution in [0.1, 0.15) is 51.9 Å². The highest BCUT2D eigenvalue weighted by Crippen LogP contribution is 2.21. The van der Waals surface area contributed by atoms with Gasteiger partial charge in [-0.1, -0.05) is 39.8 Å². The summed E-state index contributed by atoms with van der Waals surface area (Å²) in [5, 5.41) is 0. The van der Waals surface area contributed by atoms with Gasteiger partial charge in [0.2, 0.25) is 0 Å². The monoisotopic (exact) mass is 309 g/mol. The second-order valence-electron chi connectivity index (χ2n) is 4.57. The van der Waals surface area contributed by atoms with Crippen molar-refractivity contribution in [1.82, 2.24) is 4.90 Å². The van der Waals surface area contributed by atoms with Crippen LogP contribution in [-0.2, 0) is 4.74 Å². The number of carbonyl (C=O) groups excluding carboxylic acids is 1. The summed E-state index contributed by atoms with van der Waals surface area (Å²) in [6.07, 6.45) is 0.0589. The summed E-state index contributed by atoms with van der Waals surface area (Å²) in [5.41, 5.74) is 0.633. The maximum Gasteiger partial charge on any atom is 0.257 e. The van der Waals surface area contributed by atoms with Crippen LogP contribution >= 0.6 is 0 Å². The molecule has 0 aliphatic carbocycles. The Balaban J connectivity index is 0.00000102. The Morgan fingerprint density at radius 1 is 1.09 bits per heavy atom. The van der Waals surface area contributed by atoms with Crippen molar-refractivity contribution < 1.29 is 14.3 Å². The quantitative estimate of drug-likeness (QED) is 0.847. The maximum atomic E-state index is 12.4. The molecule has 1 aliphatic heterocycles. The van der Waals surface area contributed by atoms with Gasteiger partial charge < -0.3 is 14.4 Å². The van der Waals surface area contributed by atoms with Crippen molar-refractivity contribution >= 4 is 5.91 Å². The highest BCUT2D eigenvalue weighted by molar-refractivity contribution is 5.97. The number of ether oxygens (including phenoxy) is 2. The van der Waals surface area contributed by atoms with Crippen LogP contribution in [0.2, 0.25) is 0 Å². The number of hydrogen-bond acceptors (Lipinski definition) is 3. The molecule has 0 N–H and O–H groups in total. The molecule has 2 rings (SSSR count). The average molecular weight is 309 g/mol. The lowest BCUT2D eigenvalue weighted by Gasteiger charge is -2.27. The molecule has 0 aromatic heterocycles. The standard InChI is InChI=1S/C14H19NO3.2C2H6/c1-11(2)18-13-6-4-3-5-12(13)14(16)15-7-9-17-10-8-15;2*1-2/h3-6,11H,7-10H2,1-2H3;2*1-2H3. The van der Waals surface area contributed by atoms with Gasteiger partial charge in [-0.25, -0.2) is 0 Å². The summed E-state index contributed by atoms with van der Waals surface area (Å²) in [6.45, 7) is 14.4. The van der Waals surface area contributed by atoms with E-state index in [-0.39, 0.29) is 12.0 Å². The second kappa shape index (κ2) is 12.0. The van der Waals surface area contributed by atoms with Gasteiger partial charge in [-0.05, 0) is 26.0 Å². The molecule has 1 fully saturated rings. The summed E-state index contributed by atoms with van der Waals surface area (Å²) in [6, 6.07) is 7.40. The molecule has 0 saturated carbocycles. The van der Waals surface area contributed by atoms with Crippen LogP contribution in [0.4, 0.5) is 0 Å². The minimum atomic E-state index is 0.0227. The summed E-state index contributed by atoms with van der Waals surface area (Å²) in [7, 11) is 0. The lowest BCUT2D eigenvalue weighted by atomic mass is 10.1. The smallest absolute Gasteiger partial charge is 0.257 e. The van der Waals surface area contributed by atoms with Gasteiger partial charge in [0.05, 0.1) is 24.9 Å². The van der Waals surface area contributed by atoms with E-state index < -0.39 is 0 Å². The van der Waals surface area contributed by atoms with Gasteiger partial charge in [-0.2, -0.15) is 0 Å². The van der Waals surface area contributed by atoms with Crippen molar-refractivity contribution in [1.29, 1.82) is 0 Å². The largest absolute Gasteiger partial charge is 0.490 e. The molecule has 0 atom stereocenters. The van der Waals surface area contributed by atoms with E-state index in [1.54, 1.807) is 0 Å². The Labute approximate surface area is 135 Å². The highest BCUT2D eigenvalue weighted by atomic mass is 16.5. The number of para-hydroxylation sites is 1. The Morgan fingerprint density at radius 2 is 1.64 bits per heavy atom. The zero-order valence-corrected chi connectivity index (χ0v) is 14.9. The third-order valence-electron chi connectivity index (χ3n) is 2.78. The molecule has 4 nitrogen and oxygen atoms in total. The molecule has 1 aliphatic rings. The SMILES string of the molecule is CC.CC.CC(C)Oc1ccccc1C(=O)N1CCOCC1. The van der Waals surface area contributed by atoms with Crippen LogP contribution in [-0.4, -0.2) is 43.2 Å². The predicted octanol–water partition coefficient (Wildman–Crippen LogP) is 4.00. The lowest BCUT2D eigenvalue weighted by molar-refractivity contribution is 0.0299. The first-order valence-corrected chi connectivity index (χ1v) is 8.31. The minimum Gasteiger partial charge on any atom is -0.490 e. The Bertz CT molecular complexity index is 413. The minimum absolute atomic E-state index is 0.0227. The number of carbonyl (C=O) groups is 1. The number of nitrogens with zero attached hydrogens (tertiary/aromatic N) is 1. The van der Waals surface area contributed by atoms with Crippen LogP contribution in [0.3, 0.4) is 0 Å². The predicted molar refractivity (Wildman–Crippen MR) is 91.6 cm³/mol. The number of hydrogen-bond donors (Lipinski definition) is 0. The lowest BCUT2D eigenvalue weighted by Crippen LogP contribution is -2.40. The molecule has 1 aromatic carbocycles. The van der Waals surface area contributed by atoms with E-state index >= 15 is 0 Å². The highest BCUT2D eigenvalue weighted by Gasteiger charge is 2.21. The molecule has 1 amide bonds. The second-order valence-corrected chi connectivity index (χ2v) is 4.57. The Kier molecular flexibility index (Phi) is 11.2. The van der Waals surface area contributed by atoms with Crippen LogP contribution in [0, 0.1) is 0 Å².